The normalized spacial score (nSPS) is 12.6. The summed E-state index contributed by atoms with van der Waals surface area (Å²) in [5.41, 5.74) is 0. The fourth-order valence-corrected chi connectivity index (χ4v) is 3.09. The van der Waals surface area contributed by atoms with Gasteiger partial charge in [0.1, 0.15) is 0 Å². The molecular weight excluding hydrogens is 145 g/mol. The maximum atomic E-state index is 2.66. The molecule has 0 N–H and O–H groups in total. The Morgan fingerprint density at radius 2 is 1.82 bits per heavy atom. The standard InChI is InChI=1S/C8H20NSi.Li/c1-6-8-9(7-2)10(3,4)5;/h1,6-8H2,2-5H3;. The van der Waals surface area contributed by atoms with Crippen LogP contribution in [0.4, 0.5) is 0 Å². The van der Waals surface area contributed by atoms with Crippen molar-refractivity contribution in [3.05, 3.63) is 0 Å². The molecule has 0 aromatic carbocycles. The summed E-state index contributed by atoms with van der Waals surface area (Å²) >= 11 is 2.26. The van der Waals surface area contributed by atoms with Crippen LogP contribution in [-0.4, -0.2) is 43.6 Å². The molecule has 11 heavy (non-hydrogen) atoms. The molecule has 0 amide bonds. The number of hydrogen-bond donors (Lipinski definition) is 0. The van der Waals surface area contributed by atoms with Crippen molar-refractivity contribution in [3.63, 3.8) is 0 Å². The van der Waals surface area contributed by atoms with Crippen LogP contribution in [0.15, 0.2) is 0 Å². The first kappa shape index (κ1) is 11.8. The zero-order valence-corrected chi connectivity index (χ0v) is 9.78. The molecule has 0 fully saturated rings. The van der Waals surface area contributed by atoms with Crippen molar-refractivity contribution in [1.29, 1.82) is 0 Å². The topological polar surface area (TPSA) is 3.24 Å². The summed E-state index contributed by atoms with van der Waals surface area (Å²) in [6.07, 6.45) is 1.36. The van der Waals surface area contributed by atoms with Crippen molar-refractivity contribution in [1.82, 2.24) is 4.57 Å². The van der Waals surface area contributed by atoms with E-state index in [0.717, 1.165) is 0 Å². The Morgan fingerprint density at radius 3 is 2.09 bits per heavy atom. The van der Waals surface area contributed by atoms with Crippen LogP contribution < -0.4 is 0 Å². The van der Waals surface area contributed by atoms with E-state index in [1.165, 1.54) is 24.6 Å². The number of hydrogen-bond acceptors (Lipinski definition) is 1. The summed E-state index contributed by atoms with van der Waals surface area (Å²) in [5.74, 6) is 0. The molecule has 0 aliphatic carbocycles. The fourth-order valence-electron chi connectivity index (χ4n) is 1.32. The van der Waals surface area contributed by atoms with Gasteiger partial charge < -0.3 is 0 Å². The van der Waals surface area contributed by atoms with E-state index in [4.69, 9.17) is 0 Å². The Balaban J connectivity index is 3.76. The Morgan fingerprint density at radius 1 is 1.27 bits per heavy atom. The van der Waals surface area contributed by atoms with E-state index >= 15 is 0 Å². The van der Waals surface area contributed by atoms with Crippen molar-refractivity contribution in [2.75, 3.05) is 13.1 Å². The van der Waals surface area contributed by atoms with Crippen molar-refractivity contribution < 1.29 is 0 Å². The van der Waals surface area contributed by atoms with E-state index in [1.54, 1.807) is 0 Å². The van der Waals surface area contributed by atoms with Gasteiger partial charge in [-0.3, -0.25) is 0 Å². The molecule has 0 rings (SSSR count). The number of nitrogens with zero attached hydrogens (tertiary/aromatic N) is 1. The van der Waals surface area contributed by atoms with Crippen LogP contribution in [0.25, 0.3) is 0 Å². The van der Waals surface area contributed by atoms with Gasteiger partial charge in [-0.1, -0.05) is 0 Å². The molecule has 3 heteroatoms. The Labute approximate surface area is 81.8 Å². The molecule has 0 heterocycles. The van der Waals surface area contributed by atoms with Crippen LogP contribution in [0, 0.1) is 0 Å². The predicted molar refractivity (Wildman–Crippen MR) is 55.8 cm³/mol. The van der Waals surface area contributed by atoms with E-state index < -0.39 is 8.24 Å². The molecular formula is C8H20LiNSi. The average molecular weight is 165 g/mol. The second kappa shape index (κ2) is 5.43. The van der Waals surface area contributed by atoms with E-state index in [9.17, 15) is 0 Å². The number of rotatable bonds is 5. The molecule has 0 aromatic heterocycles. The van der Waals surface area contributed by atoms with Gasteiger partial charge in [-0.05, 0) is 0 Å². The third kappa shape index (κ3) is 5.08. The van der Waals surface area contributed by atoms with E-state index in [2.05, 4.69) is 48.8 Å². The summed E-state index contributed by atoms with van der Waals surface area (Å²) in [4.78, 5) is 0. The Bertz CT molecular complexity index is 101. The molecule has 0 aromatic rings. The average Bonchev–Trinajstić information content (AvgIpc) is 1.87. The second-order valence-corrected chi connectivity index (χ2v) is 9.08. The molecule has 0 bridgehead atoms. The second-order valence-electron chi connectivity index (χ2n) is 4.10. The molecule has 0 aliphatic heterocycles. The summed E-state index contributed by atoms with van der Waals surface area (Å²) in [5, 5.41) is 1.32. The van der Waals surface area contributed by atoms with Gasteiger partial charge >= 0.3 is 81.7 Å². The maximum absolute atomic E-state index is 2.66. The van der Waals surface area contributed by atoms with Gasteiger partial charge in [0.2, 0.25) is 0 Å². The third-order valence-electron chi connectivity index (χ3n) is 2.11. The van der Waals surface area contributed by atoms with Gasteiger partial charge in [0.05, 0.1) is 0 Å². The van der Waals surface area contributed by atoms with E-state index in [0.29, 0.717) is 0 Å². The van der Waals surface area contributed by atoms with Crippen LogP contribution in [0.3, 0.4) is 0 Å². The molecule has 0 aliphatic rings. The minimum atomic E-state index is -0.991. The first-order chi connectivity index (χ1) is 5.02. The first-order valence-corrected chi connectivity index (χ1v) is 8.22. The molecule has 0 unspecified atom stereocenters. The zero-order chi connectivity index (χ0) is 8.91. The summed E-state index contributed by atoms with van der Waals surface area (Å²) < 4.78 is 2.66. The van der Waals surface area contributed by atoms with Crippen molar-refractivity contribution in [2.24, 2.45) is 0 Å². The molecule has 0 spiro atoms. The summed E-state index contributed by atoms with van der Waals surface area (Å²) in [7, 11) is -0.991. The third-order valence-corrected chi connectivity index (χ3v) is 4.55. The van der Waals surface area contributed by atoms with Gasteiger partial charge in [0, 0.05) is 0 Å². The minimum absolute atomic E-state index is 0.991. The fraction of sp³-hybridized carbons (Fsp3) is 1.00. The zero-order valence-electron chi connectivity index (χ0n) is 8.78. The Kier molecular flexibility index (Phi) is 5.81. The van der Waals surface area contributed by atoms with Gasteiger partial charge in [-0.15, -0.1) is 0 Å². The SMILES string of the molecule is [Li][CH2]CCN(CC)[Si](C)(C)C. The van der Waals surface area contributed by atoms with Gasteiger partial charge in [-0.25, -0.2) is 0 Å². The van der Waals surface area contributed by atoms with Crippen LogP contribution in [-0.2, 0) is 0 Å². The van der Waals surface area contributed by atoms with Gasteiger partial charge in [-0.2, -0.15) is 0 Å². The van der Waals surface area contributed by atoms with E-state index in [-0.39, 0.29) is 0 Å². The van der Waals surface area contributed by atoms with Crippen LogP contribution in [0.1, 0.15) is 13.3 Å². The molecule has 1 nitrogen and oxygen atoms in total. The summed E-state index contributed by atoms with van der Waals surface area (Å²) in [6, 6.07) is 0. The van der Waals surface area contributed by atoms with Crippen LogP contribution >= 0.6 is 0 Å². The van der Waals surface area contributed by atoms with Crippen LogP contribution in [0.2, 0.25) is 24.7 Å². The van der Waals surface area contributed by atoms with Crippen molar-refractivity contribution in [2.45, 2.75) is 38.1 Å². The van der Waals surface area contributed by atoms with Gasteiger partial charge in [0.15, 0.2) is 0 Å². The molecule has 0 saturated heterocycles. The molecule has 0 radical (unpaired) electrons. The Hall–Kier alpha value is 0.774. The molecule has 62 valence electrons. The predicted octanol–water partition coefficient (Wildman–Crippen LogP) is 2.12. The van der Waals surface area contributed by atoms with Gasteiger partial charge in [0.25, 0.3) is 0 Å². The monoisotopic (exact) mass is 165 g/mol. The van der Waals surface area contributed by atoms with Crippen molar-refractivity contribution >= 4 is 26.0 Å². The van der Waals surface area contributed by atoms with E-state index in [1.807, 2.05) is 0 Å². The van der Waals surface area contributed by atoms with Crippen molar-refractivity contribution in [3.8, 4) is 0 Å². The first-order valence-electron chi connectivity index (χ1n) is 4.77. The quantitative estimate of drug-likeness (QED) is 0.564. The molecule has 0 atom stereocenters. The molecule has 0 saturated carbocycles. The van der Waals surface area contributed by atoms with Crippen LogP contribution in [0.5, 0.6) is 0 Å². The summed E-state index contributed by atoms with van der Waals surface area (Å²) in [6.45, 7) is 12.1.